The molecule has 0 radical (unpaired) electrons. The van der Waals surface area contributed by atoms with Gasteiger partial charge in [0.25, 0.3) is 17.5 Å². The van der Waals surface area contributed by atoms with Crippen LogP contribution in [-0.4, -0.2) is 38.4 Å². The molecule has 1 aliphatic rings. The molecule has 3 amide bonds. The van der Waals surface area contributed by atoms with Crippen molar-refractivity contribution in [1.82, 2.24) is 15.8 Å². The summed E-state index contributed by atoms with van der Waals surface area (Å²) in [5.41, 5.74) is 5.61. The fourth-order valence-electron chi connectivity index (χ4n) is 3.12. The third kappa shape index (κ3) is 6.96. The number of thiocarbonyl (C=S) groups is 1. The minimum atomic E-state index is -0.568. The number of carbonyl (C=O) groups excluding carboxylic acids is 3. The zero-order valence-electron chi connectivity index (χ0n) is 18.1. The van der Waals surface area contributed by atoms with Gasteiger partial charge in [-0.25, -0.2) is 0 Å². The number of hydrogen-bond donors (Lipinski definition) is 2. The van der Waals surface area contributed by atoms with Crippen LogP contribution in [0.4, 0.5) is 5.69 Å². The van der Waals surface area contributed by atoms with Gasteiger partial charge < -0.3 is 0 Å². The van der Waals surface area contributed by atoms with E-state index in [0.717, 1.165) is 5.56 Å². The Morgan fingerprint density at radius 2 is 1.74 bits per heavy atom. The van der Waals surface area contributed by atoms with Crippen LogP contribution in [0.1, 0.15) is 41.6 Å². The molecule has 0 aromatic heterocycles. The molecule has 1 aliphatic heterocycles. The van der Waals surface area contributed by atoms with E-state index in [1.54, 1.807) is 4.90 Å². The van der Waals surface area contributed by atoms with Gasteiger partial charge in [-0.3, -0.25) is 40.2 Å². The third-order valence-corrected chi connectivity index (χ3v) is 6.29. The molecule has 0 saturated carbocycles. The Morgan fingerprint density at radius 1 is 1.03 bits per heavy atom. The molecule has 2 N–H and O–H groups in total. The normalized spacial score (nSPS) is 14.4. The highest BCUT2D eigenvalue weighted by Crippen LogP contribution is 2.32. The van der Waals surface area contributed by atoms with Gasteiger partial charge in [0.1, 0.15) is 4.32 Å². The molecule has 0 bridgehead atoms. The summed E-state index contributed by atoms with van der Waals surface area (Å²) in [6.07, 6.45) is 4.00. The molecule has 1 fully saturated rings. The molecule has 1 saturated heterocycles. The van der Waals surface area contributed by atoms with E-state index in [2.05, 4.69) is 10.9 Å². The van der Waals surface area contributed by atoms with Crippen LogP contribution in [0.15, 0.2) is 59.5 Å². The molecule has 0 unspecified atom stereocenters. The summed E-state index contributed by atoms with van der Waals surface area (Å²) in [6, 6.07) is 14.6. The number of nitrogens with one attached hydrogen (secondary N) is 2. The first-order valence-electron chi connectivity index (χ1n) is 10.5. The van der Waals surface area contributed by atoms with Gasteiger partial charge in [-0.15, -0.1) is 0 Å². The van der Waals surface area contributed by atoms with Gasteiger partial charge in [-0.1, -0.05) is 60.7 Å². The number of amides is 3. The van der Waals surface area contributed by atoms with E-state index in [-0.39, 0.29) is 29.5 Å². The number of unbranched alkanes of at least 4 members (excludes halogenated alkanes) is 2. The molecule has 0 atom stereocenters. The van der Waals surface area contributed by atoms with E-state index in [1.807, 2.05) is 36.4 Å². The first-order chi connectivity index (χ1) is 16.3. The molecule has 0 aliphatic carbocycles. The lowest BCUT2D eigenvalue weighted by Gasteiger charge is -2.14. The number of non-ortho nitro benzene ring substituents is 1. The Balaban J connectivity index is 1.34. The van der Waals surface area contributed by atoms with Gasteiger partial charge in [0, 0.05) is 30.7 Å². The minimum Gasteiger partial charge on any atom is -0.293 e. The van der Waals surface area contributed by atoms with Crippen molar-refractivity contribution >= 4 is 57.8 Å². The number of benzene rings is 2. The highest BCUT2D eigenvalue weighted by Gasteiger charge is 2.31. The fraction of sp³-hybridized carbons (Fsp3) is 0.217. The highest BCUT2D eigenvalue weighted by molar-refractivity contribution is 8.26. The zero-order chi connectivity index (χ0) is 24.5. The smallest absolute Gasteiger partial charge is 0.269 e. The average molecular weight is 499 g/mol. The number of hydrogen-bond acceptors (Lipinski definition) is 7. The van der Waals surface area contributed by atoms with Crippen molar-refractivity contribution in [1.29, 1.82) is 0 Å². The van der Waals surface area contributed by atoms with Crippen LogP contribution in [0.25, 0.3) is 6.08 Å². The number of nitro groups is 1. The molecule has 11 heteroatoms. The zero-order valence-corrected chi connectivity index (χ0v) is 19.7. The molecule has 176 valence electrons. The number of nitrogens with zero attached hydrogens (tertiary/aromatic N) is 2. The van der Waals surface area contributed by atoms with Crippen LogP contribution in [-0.2, 0) is 9.59 Å². The maximum atomic E-state index is 12.6. The van der Waals surface area contributed by atoms with Crippen LogP contribution in [0.3, 0.4) is 0 Å². The van der Waals surface area contributed by atoms with E-state index in [4.69, 9.17) is 12.2 Å². The lowest BCUT2D eigenvalue weighted by atomic mass is 10.2. The van der Waals surface area contributed by atoms with E-state index in [1.165, 1.54) is 36.0 Å². The molecule has 3 rings (SSSR count). The molecule has 9 nitrogen and oxygen atoms in total. The maximum absolute atomic E-state index is 12.6. The van der Waals surface area contributed by atoms with Crippen LogP contribution >= 0.6 is 24.0 Å². The number of rotatable bonds is 9. The van der Waals surface area contributed by atoms with Crippen molar-refractivity contribution in [3.05, 3.63) is 80.7 Å². The predicted octanol–water partition coefficient (Wildman–Crippen LogP) is 3.82. The fourth-order valence-corrected chi connectivity index (χ4v) is 4.43. The monoisotopic (exact) mass is 498 g/mol. The first kappa shape index (κ1) is 25.1. The van der Waals surface area contributed by atoms with Crippen molar-refractivity contribution in [3.63, 3.8) is 0 Å². The third-order valence-electron chi connectivity index (χ3n) is 4.91. The summed E-state index contributed by atoms with van der Waals surface area (Å²) < 4.78 is 0.527. The van der Waals surface area contributed by atoms with E-state index < -0.39 is 10.8 Å². The minimum absolute atomic E-state index is 0.106. The Morgan fingerprint density at radius 3 is 2.41 bits per heavy atom. The lowest BCUT2D eigenvalue weighted by Crippen LogP contribution is -2.41. The summed E-state index contributed by atoms with van der Waals surface area (Å²) in [4.78, 5) is 48.8. The number of carbonyl (C=O) groups is 3. The van der Waals surface area contributed by atoms with Crippen molar-refractivity contribution in [3.8, 4) is 0 Å². The summed E-state index contributed by atoms with van der Waals surface area (Å²) in [6.45, 7) is 0.481. The summed E-state index contributed by atoms with van der Waals surface area (Å²) in [5, 5.41) is 10.7. The Hall–Kier alpha value is -3.57. The van der Waals surface area contributed by atoms with Gasteiger partial charge in [-0.05, 0) is 36.6 Å². The van der Waals surface area contributed by atoms with Gasteiger partial charge in [0.05, 0.1) is 9.83 Å². The first-order valence-corrected chi connectivity index (χ1v) is 11.7. The quantitative estimate of drug-likeness (QED) is 0.177. The number of hydrazine groups is 1. The Kier molecular flexibility index (Phi) is 8.88. The van der Waals surface area contributed by atoms with Crippen LogP contribution in [0.2, 0.25) is 0 Å². The van der Waals surface area contributed by atoms with Crippen LogP contribution in [0.5, 0.6) is 0 Å². The van der Waals surface area contributed by atoms with Gasteiger partial charge in [0.2, 0.25) is 5.91 Å². The summed E-state index contributed by atoms with van der Waals surface area (Å²) >= 11 is 6.63. The second-order valence-electron chi connectivity index (χ2n) is 7.36. The molecule has 1 heterocycles. The topological polar surface area (TPSA) is 122 Å². The van der Waals surface area contributed by atoms with Crippen molar-refractivity contribution < 1.29 is 19.3 Å². The average Bonchev–Trinajstić information content (AvgIpc) is 3.10. The lowest BCUT2D eigenvalue weighted by molar-refractivity contribution is -0.384. The Labute approximate surface area is 205 Å². The number of thioether (sulfide) groups is 1. The molecule has 2 aromatic rings. The van der Waals surface area contributed by atoms with Crippen molar-refractivity contribution in [2.24, 2.45) is 0 Å². The van der Waals surface area contributed by atoms with Crippen LogP contribution < -0.4 is 10.9 Å². The predicted molar refractivity (Wildman–Crippen MR) is 133 cm³/mol. The van der Waals surface area contributed by atoms with Crippen LogP contribution in [0, 0.1) is 10.1 Å². The SMILES string of the molecule is O=C(CCCCCN1C(=O)/C(=C/c2ccccc2)SC1=S)NNC(=O)c1ccc([N+](=O)[O-])cc1. The van der Waals surface area contributed by atoms with E-state index in [0.29, 0.717) is 35.0 Å². The van der Waals surface area contributed by atoms with Crippen molar-refractivity contribution in [2.45, 2.75) is 25.7 Å². The standard InChI is InChI=1S/C23H22N4O5S2/c28-20(24-25-21(29)17-10-12-18(13-11-17)27(31)32)9-5-2-6-14-26-22(30)19(34-23(26)33)15-16-7-3-1-4-8-16/h1,3-4,7-8,10-13,15H,2,5-6,9,14H2,(H,24,28)(H,25,29)/b19-15-. The van der Waals surface area contributed by atoms with E-state index >= 15 is 0 Å². The van der Waals surface area contributed by atoms with Gasteiger partial charge in [-0.2, -0.15) is 0 Å². The van der Waals surface area contributed by atoms with E-state index in [9.17, 15) is 24.5 Å². The second kappa shape index (κ2) is 12.1. The largest absolute Gasteiger partial charge is 0.293 e. The van der Waals surface area contributed by atoms with Crippen molar-refractivity contribution in [2.75, 3.05) is 6.54 Å². The molecule has 34 heavy (non-hydrogen) atoms. The summed E-state index contributed by atoms with van der Waals surface area (Å²) in [5.74, 6) is -1.03. The maximum Gasteiger partial charge on any atom is 0.269 e. The summed E-state index contributed by atoms with van der Waals surface area (Å²) in [7, 11) is 0. The van der Waals surface area contributed by atoms with Gasteiger partial charge in [0.15, 0.2) is 0 Å². The second-order valence-corrected chi connectivity index (χ2v) is 9.04. The molecular weight excluding hydrogens is 476 g/mol. The molecular formula is C23H22N4O5S2. The number of nitro benzene ring substituents is 1. The molecule has 0 spiro atoms. The molecule has 2 aromatic carbocycles. The Bertz CT molecular complexity index is 1120. The highest BCUT2D eigenvalue weighted by atomic mass is 32.2. The van der Waals surface area contributed by atoms with Gasteiger partial charge >= 0.3 is 0 Å².